The quantitative estimate of drug-likeness (QED) is 0.644. The third kappa shape index (κ3) is 1.19. The number of hydrogen-bond donors (Lipinski definition) is 2. The van der Waals surface area contributed by atoms with Gasteiger partial charge in [-0.1, -0.05) is 13.8 Å². The van der Waals surface area contributed by atoms with E-state index in [2.05, 4.69) is 23.8 Å². The molecule has 0 aliphatic heterocycles. The van der Waals surface area contributed by atoms with Crippen molar-refractivity contribution >= 4 is 0 Å². The van der Waals surface area contributed by atoms with Gasteiger partial charge in [-0.05, 0) is 5.92 Å². The van der Waals surface area contributed by atoms with Crippen LogP contribution in [-0.4, -0.2) is 15.1 Å². The van der Waals surface area contributed by atoms with E-state index in [4.69, 9.17) is 5.11 Å². The lowest BCUT2D eigenvalue weighted by Gasteiger charge is -2.01. The molecule has 10 heavy (non-hydrogen) atoms. The van der Waals surface area contributed by atoms with Gasteiger partial charge in [0.05, 0.1) is 24.3 Å². The Kier molecular flexibility index (Phi) is 2.06. The Balaban J connectivity index is 2.90. The third-order valence-corrected chi connectivity index (χ3v) is 1.46. The van der Waals surface area contributed by atoms with Crippen LogP contribution in [0, 0.1) is 0 Å². The molecule has 0 spiro atoms. The summed E-state index contributed by atoms with van der Waals surface area (Å²) in [4.78, 5) is 6.95. The maximum Gasteiger partial charge on any atom is 0.0926 e. The van der Waals surface area contributed by atoms with Crippen molar-refractivity contribution in [3.05, 3.63) is 17.7 Å². The number of hydrogen-bond acceptors (Lipinski definition) is 2. The van der Waals surface area contributed by atoms with Crippen molar-refractivity contribution in [1.29, 1.82) is 0 Å². The van der Waals surface area contributed by atoms with Crippen molar-refractivity contribution in [2.24, 2.45) is 0 Å². The van der Waals surface area contributed by atoms with Crippen LogP contribution in [0.4, 0.5) is 0 Å². The molecule has 2 N–H and O–H groups in total. The molecule has 0 aromatic carbocycles. The Morgan fingerprint density at radius 2 is 2.40 bits per heavy atom. The van der Waals surface area contributed by atoms with Crippen LogP contribution < -0.4 is 0 Å². The molecular formula is C7H12N2O. The molecule has 0 atom stereocenters. The van der Waals surface area contributed by atoms with E-state index < -0.39 is 0 Å². The standard InChI is InChI=1S/C7H12N2O/c1-5(2)7-6(3-10)8-4-9-7/h4-5,10H,3H2,1-2H3,(H,8,9). The second kappa shape index (κ2) is 2.84. The van der Waals surface area contributed by atoms with Gasteiger partial charge in [-0.15, -0.1) is 0 Å². The number of aromatic nitrogens is 2. The number of aromatic amines is 1. The van der Waals surface area contributed by atoms with E-state index in [-0.39, 0.29) is 6.61 Å². The van der Waals surface area contributed by atoms with Crippen LogP contribution in [0.3, 0.4) is 0 Å². The van der Waals surface area contributed by atoms with Crippen LogP contribution in [-0.2, 0) is 6.61 Å². The average Bonchev–Trinajstić information content (AvgIpc) is 2.33. The van der Waals surface area contributed by atoms with Crippen molar-refractivity contribution in [2.45, 2.75) is 26.4 Å². The lowest BCUT2D eigenvalue weighted by Crippen LogP contribution is -1.94. The number of aliphatic hydroxyl groups excluding tert-OH is 1. The van der Waals surface area contributed by atoms with Gasteiger partial charge in [0.2, 0.25) is 0 Å². The predicted molar refractivity (Wildman–Crippen MR) is 38.6 cm³/mol. The summed E-state index contributed by atoms with van der Waals surface area (Å²) in [6.07, 6.45) is 1.61. The Hall–Kier alpha value is -0.830. The molecule has 1 aromatic rings. The maximum atomic E-state index is 8.78. The van der Waals surface area contributed by atoms with E-state index in [1.807, 2.05) is 0 Å². The molecule has 56 valence electrons. The zero-order chi connectivity index (χ0) is 7.56. The molecule has 0 amide bonds. The molecule has 0 fully saturated rings. The lowest BCUT2D eigenvalue weighted by molar-refractivity contribution is 0.275. The molecule has 0 saturated carbocycles. The third-order valence-electron chi connectivity index (χ3n) is 1.46. The van der Waals surface area contributed by atoms with Crippen LogP contribution in [0.2, 0.25) is 0 Å². The van der Waals surface area contributed by atoms with Crippen molar-refractivity contribution in [2.75, 3.05) is 0 Å². The minimum absolute atomic E-state index is 0.0491. The van der Waals surface area contributed by atoms with Crippen molar-refractivity contribution in [3.63, 3.8) is 0 Å². The lowest BCUT2D eigenvalue weighted by atomic mass is 10.1. The van der Waals surface area contributed by atoms with Crippen LogP contribution in [0.25, 0.3) is 0 Å². The highest BCUT2D eigenvalue weighted by atomic mass is 16.3. The van der Waals surface area contributed by atoms with Gasteiger partial charge in [-0.2, -0.15) is 0 Å². The molecule has 0 unspecified atom stereocenters. The molecule has 0 saturated heterocycles. The van der Waals surface area contributed by atoms with Gasteiger partial charge in [0.15, 0.2) is 0 Å². The first-order chi connectivity index (χ1) is 4.75. The van der Waals surface area contributed by atoms with E-state index in [1.165, 1.54) is 0 Å². The predicted octanol–water partition coefficient (Wildman–Crippen LogP) is 1.03. The number of imidazole rings is 1. The zero-order valence-corrected chi connectivity index (χ0v) is 6.26. The topological polar surface area (TPSA) is 48.9 Å². The van der Waals surface area contributed by atoms with E-state index >= 15 is 0 Å². The molecule has 0 radical (unpaired) electrons. The largest absolute Gasteiger partial charge is 0.390 e. The molecule has 1 aromatic heterocycles. The number of H-pyrrole nitrogens is 1. The van der Waals surface area contributed by atoms with Gasteiger partial charge in [0.25, 0.3) is 0 Å². The first kappa shape index (κ1) is 7.28. The van der Waals surface area contributed by atoms with Crippen LogP contribution in [0.15, 0.2) is 6.33 Å². The molecule has 1 heterocycles. The Morgan fingerprint density at radius 3 is 2.80 bits per heavy atom. The zero-order valence-electron chi connectivity index (χ0n) is 6.26. The number of aliphatic hydroxyl groups is 1. The van der Waals surface area contributed by atoms with E-state index in [0.717, 1.165) is 11.4 Å². The molecule has 0 aliphatic carbocycles. The van der Waals surface area contributed by atoms with Gasteiger partial charge in [0.1, 0.15) is 0 Å². The number of nitrogens with zero attached hydrogens (tertiary/aromatic N) is 1. The Labute approximate surface area is 60.1 Å². The molecule has 0 bridgehead atoms. The minimum Gasteiger partial charge on any atom is -0.390 e. The summed E-state index contributed by atoms with van der Waals surface area (Å²) >= 11 is 0. The fourth-order valence-electron chi connectivity index (χ4n) is 0.956. The summed E-state index contributed by atoms with van der Waals surface area (Å²) in [5, 5.41) is 8.78. The summed E-state index contributed by atoms with van der Waals surface area (Å²) < 4.78 is 0. The SMILES string of the molecule is CC(C)c1nc[nH]c1CO. The number of rotatable bonds is 2. The highest BCUT2D eigenvalue weighted by Gasteiger charge is 2.06. The van der Waals surface area contributed by atoms with Gasteiger partial charge >= 0.3 is 0 Å². The molecule has 3 nitrogen and oxygen atoms in total. The fourth-order valence-corrected chi connectivity index (χ4v) is 0.956. The van der Waals surface area contributed by atoms with Crippen molar-refractivity contribution in [1.82, 2.24) is 9.97 Å². The Bertz CT molecular complexity index is 205. The summed E-state index contributed by atoms with van der Waals surface area (Å²) in [5.74, 6) is 0.383. The summed E-state index contributed by atoms with van der Waals surface area (Å²) in [6, 6.07) is 0. The Morgan fingerprint density at radius 1 is 1.70 bits per heavy atom. The van der Waals surface area contributed by atoms with Crippen molar-refractivity contribution in [3.8, 4) is 0 Å². The maximum absolute atomic E-state index is 8.78. The van der Waals surface area contributed by atoms with Gasteiger partial charge in [-0.25, -0.2) is 4.98 Å². The molecule has 0 aliphatic rings. The van der Waals surface area contributed by atoms with Gasteiger partial charge in [0, 0.05) is 0 Å². The molecule has 1 rings (SSSR count). The normalized spacial score (nSPS) is 10.8. The van der Waals surface area contributed by atoms with E-state index in [0.29, 0.717) is 5.92 Å². The molecular weight excluding hydrogens is 128 g/mol. The minimum atomic E-state index is 0.0491. The average molecular weight is 140 g/mol. The summed E-state index contributed by atoms with van der Waals surface area (Å²) in [5.41, 5.74) is 1.79. The monoisotopic (exact) mass is 140 g/mol. The summed E-state index contributed by atoms with van der Waals surface area (Å²) in [7, 11) is 0. The van der Waals surface area contributed by atoms with E-state index in [9.17, 15) is 0 Å². The van der Waals surface area contributed by atoms with Crippen LogP contribution >= 0.6 is 0 Å². The first-order valence-corrected chi connectivity index (χ1v) is 3.38. The van der Waals surface area contributed by atoms with Crippen molar-refractivity contribution < 1.29 is 5.11 Å². The van der Waals surface area contributed by atoms with E-state index in [1.54, 1.807) is 6.33 Å². The van der Waals surface area contributed by atoms with Crippen LogP contribution in [0.1, 0.15) is 31.2 Å². The second-order valence-corrected chi connectivity index (χ2v) is 2.58. The van der Waals surface area contributed by atoms with Crippen LogP contribution in [0.5, 0.6) is 0 Å². The molecule has 3 heteroatoms. The number of nitrogens with one attached hydrogen (secondary N) is 1. The first-order valence-electron chi connectivity index (χ1n) is 3.38. The highest BCUT2D eigenvalue weighted by molar-refractivity contribution is 5.13. The smallest absolute Gasteiger partial charge is 0.0926 e. The van der Waals surface area contributed by atoms with Gasteiger partial charge in [-0.3, -0.25) is 0 Å². The summed E-state index contributed by atoms with van der Waals surface area (Å²) in [6.45, 7) is 4.15. The fraction of sp³-hybridized carbons (Fsp3) is 0.571. The van der Waals surface area contributed by atoms with Gasteiger partial charge < -0.3 is 10.1 Å². The highest BCUT2D eigenvalue weighted by Crippen LogP contribution is 2.14. The second-order valence-electron chi connectivity index (χ2n) is 2.58.